The van der Waals surface area contributed by atoms with E-state index in [0.29, 0.717) is 22.0 Å². The molecule has 92 valence electrons. The number of nitrogens with zero attached hydrogens (tertiary/aromatic N) is 1. The Morgan fingerprint density at radius 3 is 2.59 bits per heavy atom. The van der Waals surface area contributed by atoms with Gasteiger partial charge < -0.3 is 0 Å². The molecule has 0 fully saturated rings. The summed E-state index contributed by atoms with van der Waals surface area (Å²) in [5.74, 6) is 0.220. The molecule has 0 heterocycles. The van der Waals surface area contributed by atoms with Crippen LogP contribution in [-0.2, 0) is 0 Å². The first-order chi connectivity index (χ1) is 7.90. The third-order valence-electron chi connectivity index (χ3n) is 2.14. The number of benzene rings is 1. The lowest BCUT2D eigenvalue weighted by Gasteiger charge is -2.03. The molecule has 3 nitrogen and oxygen atoms in total. The lowest BCUT2D eigenvalue weighted by molar-refractivity contribution is -0.427. The summed E-state index contributed by atoms with van der Waals surface area (Å²) in [6.07, 6.45) is 1.91. The highest BCUT2D eigenvalue weighted by Gasteiger charge is 2.13. The van der Waals surface area contributed by atoms with Gasteiger partial charge in [-0.15, -0.1) is 0 Å². The summed E-state index contributed by atoms with van der Waals surface area (Å²) in [5.41, 5.74) is 0.771. The van der Waals surface area contributed by atoms with Crippen molar-refractivity contribution in [3.8, 4) is 0 Å². The van der Waals surface area contributed by atoms with Crippen molar-refractivity contribution in [2.45, 2.75) is 20.3 Å². The predicted octanol–water partition coefficient (Wildman–Crippen LogP) is 4.66. The number of allylic oxidation sites excluding steroid dienone is 1. The van der Waals surface area contributed by atoms with Crippen molar-refractivity contribution in [2.24, 2.45) is 5.92 Å². The Morgan fingerprint density at radius 2 is 2.12 bits per heavy atom. The van der Waals surface area contributed by atoms with Crippen LogP contribution in [0.15, 0.2) is 23.9 Å². The molecule has 0 amide bonds. The van der Waals surface area contributed by atoms with Crippen molar-refractivity contribution in [1.29, 1.82) is 0 Å². The minimum Gasteiger partial charge on any atom is -0.259 e. The molecule has 1 rings (SSSR count). The normalized spacial score (nSPS) is 11.9. The first kappa shape index (κ1) is 14.0. The molecule has 0 spiro atoms. The average molecular weight is 274 g/mol. The Balaban J connectivity index is 3.08. The summed E-state index contributed by atoms with van der Waals surface area (Å²) in [4.78, 5) is 10.5. The van der Waals surface area contributed by atoms with E-state index in [1.165, 1.54) is 6.08 Å². The minimum absolute atomic E-state index is 0.157. The maximum absolute atomic E-state index is 10.9. The Labute approximate surface area is 110 Å². The molecule has 1 aromatic carbocycles. The number of hydrogen-bond acceptors (Lipinski definition) is 2. The van der Waals surface area contributed by atoms with Crippen molar-refractivity contribution in [3.63, 3.8) is 0 Å². The highest BCUT2D eigenvalue weighted by molar-refractivity contribution is 6.35. The monoisotopic (exact) mass is 273 g/mol. The smallest absolute Gasteiger partial charge is 0.247 e. The molecule has 0 bridgehead atoms. The number of rotatable bonds is 4. The molecule has 0 unspecified atom stereocenters. The number of halogens is 2. The van der Waals surface area contributed by atoms with Crippen molar-refractivity contribution in [3.05, 3.63) is 49.6 Å². The first-order valence-electron chi connectivity index (χ1n) is 5.20. The highest BCUT2D eigenvalue weighted by Crippen LogP contribution is 2.24. The molecule has 0 saturated heterocycles. The zero-order valence-electron chi connectivity index (χ0n) is 9.61. The molecule has 0 aliphatic heterocycles. The van der Waals surface area contributed by atoms with Crippen LogP contribution in [0.3, 0.4) is 0 Å². The van der Waals surface area contributed by atoms with Crippen molar-refractivity contribution in [2.75, 3.05) is 0 Å². The van der Waals surface area contributed by atoms with Crippen LogP contribution in [0.2, 0.25) is 10.0 Å². The van der Waals surface area contributed by atoms with Crippen LogP contribution in [0, 0.1) is 16.0 Å². The highest BCUT2D eigenvalue weighted by atomic mass is 35.5. The summed E-state index contributed by atoms with van der Waals surface area (Å²) in [7, 11) is 0. The molecule has 0 N–H and O–H groups in total. The quantitative estimate of drug-likeness (QED) is 0.592. The molecular formula is C12H13Cl2NO2. The van der Waals surface area contributed by atoms with Crippen LogP contribution < -0.4 is 0 Å². The average Bonchev–Trinajstić information content (AvgIpc) is 2.19. The Bertz CT molecular complexity index is 456. The molecular weight excluding hydrogens is 261 g/mol. The zero-order chi connectivity index (χ0) is 13.0. The van der Waals surface area contributed by atoms with E-state index in [2.05, 4.69) is 0 Å². The van der Waals surface area contributed by atoms with Gasteiger partial charge in [-0.2, -0.15) is 0 Å². The molecule has 0 saturated carbocycles. The summed E-state index contributed by atoms with van der Waals surface area (Å²) in [6.45, 7) is 3.86. The van der Waals surface area contributed by atoms with Gasteiger partial charge in [-0.25, -0.2) is 0 Å². The second-order valence-corrected chi connectivity index (χ2v) is 5.00. The van der Waals surface area contributed by atoms with E-state index < -0.39 is 0 Å². The van der Waals surface area contributed by atoms with Crippen LogP contribution in [0.5, 0.6) is 0 Å². The molecule has 17 heavy (non-hydrogen) atoms. The van der Waals surface area contributed by atoms with Gasteiger partial charge in [0.25, 0.3) is 0 Å². The fraction of sp³-hybridized carbons (Fsp3) is 0.333. The summed E-state index contributed by atoms with van der Waals surface area (Å²) in [6, 6.07) is 4.91. The van der Waals surface area contributed by atoms with Gasteiger partial charge in [0, 0.05) is 22.5 Å². The van der Waals surface area contributed by atoms with Crippen molar-refractivity contribution >= 4 is 29.3 Å². The molecule has 0 aliphatic carbocycles. The molecule has 1 aromatic rings. The van der Waals surface area contributed by atoms with E-state index in [1.54, 1.807) is 18.2 Å². The predicted molar refractivity (Wildman–Crippen MR) is 70.9 cm³/mol. The molecule has 0 aromatic heterocycles. The third kappa shape index (κ3) is 4.36. The molecule has 0 aliphatic rings. The van der Waals surface area contributed by atoms with Gasteiger partial charge >= 0.3 is 0 Å². The molecule has 0 radical (unpaired) electrons. The van der Waals surface area contributed by atoms with Crippen LogP contribution >= 0.6 is 23.2 Å². The van der Waals surface area contributed by atoms with E-state index in [-0.39, 0.29) is 16.5 Å². The Morgan fingerprint density at radius 1 is 1.47 bits per heavy atom. The van der Waals surface area contributed by atoms with Crippen LogP contribution in [0.25, 0.3) is 6.08 Å². The van der Waals surface area contributed by atoms with Crippen molar-refractivity contribution < 1.29 is 4.92 Å². The maximum atomic E-state index is 10.9. The van der Waals surface area contributed by atoms with Crippen LogP contribution in [-0.4, -0.2) is 4.92 Å². The van der Waals surface area contributed by atoms with E-state index in [4.69, 9.17) is 23.2 Å². The van der Waals surface area contributed by atoms with E-state index >= 15 is 0 Å². The SMILES string of the molecule is CC(C)CC(=Cc1ccc(Cl)cc1Cl)[N+](=O)[O-]. The lowest BCUT2D eigenvalue weighted by Crippen LogP contribution is -2.02. The molecule has 5 heteroatoms. The largest absolute Gasteiger partial charge is 0.259 e. The standard InChI is InChI=1S/C12H13Cl2NO2/c1-8(2)5-11(15(16)17)6-9-3-4-10(13)7-12(9)14/h3-4,6-8H,5H2,1-2H3. The van der Waals surface area contributed by atoms with Gasteiger partial charge in [0.2, 0.25) is 5.70 Å². The summed E-state index contributed by atoms with van der Waals surface area (Å²) < 4.78 is 0. The zero-order valence-corrected chi connectivity index (χ0v) is 11.1. The fourth-order valence-corrected chi connectivity index (χ4v) is 1.87. The van der Waals surface area contributed by atoms with Gasteiger partial charge in [0.1, 0.15) is 0 Å². The lowest BCUT2D eigenvalue weighted by atomic mass is 10.1. The van der Waals surface area contributed by atoms with Gasteiger partial charge in [0.05, 0.1) is 4.92 Å². The second kappa shape index (κ2) is 6.03. The van der Waals surface area contributed by atoms with Gasteiger partial charge in [-0.1, -0.05) is 43.1 Å². The summed E-state index contributed by atoms with van der Waals surface area (Å²) in [5, 5.41) is 11.8. The minimum atomic E-state index is -0.370. The fourth-order valence-electron chi connectivity index (χ4n) is 1.40. The number of nitro groups is 1. The van der Waals surface area contributed by atoms with Crippen LogP contribution in [0.1, 0.15) is 25.8 Å². The van der Waals surface area contributed by atoms with Gasteiger partial charge in [0.15, 0.2) is 0 Å². The van der Waals surface area contributed by atoms with Crippen LogP contribution in [0.4, 0.5) is 0 Å². The topological polar surface area (TPSA) is 43.1 Å². The van der Waals surface area contributed by atoms with Crippen molar-refractivity contribution in [1.82, 2.24) is 0 Å². The third-order valence-corrected chi connectivity index (χ3v) is 2.70. The Kier molecular flexibility index (Phi) is 4.97. The van der Waals surface area contributed by atoms with E-state index in [1.807, 2.05) is 13.8 Å². The Hall–Kier alpha value is -1.06. The summed E-state index contributed by atoms with van der Waals surface area (Å²) >= 11 is 11.7. The number of hydrogen-bond donors (Lipinski definition) is 0. The van der Waals surface area contributed by atoms with Gasteiger partial charge in [-0.05, 0) is 23.6 Å². The van der Waals surface area contributed by atoms with E-state index in [0.717, 1.165) is 0 Å². The molecule has 0 atom stereocenters. The van der Waals surface area contributed by atoms with Gasteiger partial charge in [-0.3, -0.25) is 10.1 Å². The maximum Gasteiger partial charge on any atom is 0.247 e. The second-order valence-electron chi connectivity index (χ2n) is 4.16. The first-order valence-corrected chi connectivity index (χ1v) is 5.95. The van der Waals surface area contributed by atoms with E-state index in [9.17, 15) is 10.1 Å².